The van der Waals surface area contributed by atoms with Gasteiger partial charge in [-0.15, -0.1) is 0 Å². The molecule has 164 valence electrons. The number of rotatable bonds is 9. The number of halogens is 3. The van der Waals surface area contributed by atoms with Crippen LogP contribution >= 0.6 is 34.8 Å². The number of nitrogens with one attached hydrogen (secondary N) is 1. The van der Waals surface area contributed by atoms with Crippen LogP contribution in [0.15, 0.2) is 24.1 Å². The van der Waals surface area contributed by atoms with E-state index in [4.69, 9.17) is 45.3 Å². The summed E-state index contributed by atoms with van der Waals surface area (Å²) in [5.74, 6) is -1.89. The van der Waals surface area contributed by atoms with Gasteiger partial charge in [0.05, 0.1) is 13.2 Å². The second-order valence-electron chi connectivity index (χ2n) is 7.18. The molecule has 0 fully saturated rings. The monoisotopic (exact) mass is 467 g/mol. The highest BCUT2D eigenvalue weighted by atomic mass is 35.6. The molecule has 7 nitrogen and oxygen atoms in total. The largest absolute Gasteiger partial charge is 0.499 e. The summed E-state index contributed by atoms with van der Waals surface area (Å²) >= 11 is 17.8. The van der Waals surface area contributed by atoms with Crippen molar-refractivity contribution >= 4 is 52.5 Å². The number of ether oxygens (including phenoxy) is 1. The van der Waals surface area contributed by atoms with Gasteiger partial charge < -0.3 is 15.8 Å². The highest BCUT2D eigenvalue weighted by Crippen LogP contribution is 2.38. The van der Waals surface area contributed by atoms with E-state index >= 15 is 0 Å². The number of alkyl halides is 3. The third-order valence-electron chi connectivity index (χ3n) is 4.93. The molecule has 1 heterocycles. The lowest BCUT2D eigenvalue weighted by Gasteiger charge is -2.32. The van der Waals surface area contributed by atoms with Gasteiger partial charge in [0.15, 0.2) is 3.79 Å². The Labute approximate surface area is 186 Å². The second kappa shape index (κ2) is 10.5. The number of imide groups is 1. The van der Waals surface area contributed by atoms with E-state index in [0.29, 0.717) is 17.9 Å². The van der Waals surface area contributed by atoms with Gasteiger partial charge in [0, 0.05) is 24.1 Å². The molecular formula is C19H28Cl3N3O4. The summed E-state index contributed by atoms with van der Waals surface area (Å²) < 4.78 is 3.66. The van der Waals surface area contributed by atoms with Crippen LogP contribution in [0.1, 0.15) is 40.0 Å². The van der Waals surface area contributed by atoms with Crippen LogP contribution < -0.4 is 11.1 Å². The molecule has 0 spiro atoms. The van der Waals surface area contributed by atoms with Gasteiger partial charge in [-0.3, -0.25) is 19.3 Å². The van der Waals surface area contributed by atoms with Gasteiger partial charge in [0.1, 0.15) is 11.8 Å². The molecule has 1 aliphatic rings. The average molecular weight is 469 g/mol. The Morgan fingerprint density at radius 1 is 1.38 bits per heavy atom. The van der Waals surface area contributed by atoms with Crippen molar-refractivity contribution < 1.29 is 19.1 Å². The predicted octanol–water partition coefficient (Wildman–Crippen LogP) is 3.04. The van der Waals surface area contributed by atoms with Gasteiger partial charge >= 0.3 is 0 Å². The van der Waals surface area contributed by atoms with Crippen LogP contribution in [0.3, 0.4) is 0 Å². The highest BCUT2D eigenvalue weighted by molar-refractivity contribution is 6.67. The Kier molecular flexibility index (Phi) is 9.31. The summed E-state index contributed by atoms with van der Waals surface area (Å²) in [6.45, 7) is 8.85. The molecule has 0 radical (unpaired) electrons. The molecule has 1 rings (SSSR count). The predicted molar refractivity (Wildman–Crippen MR) is 114 cm³/mol. The average Bonchev–Trinajstić information content (AvgIpc) is 2.94. The van der Waals surface area contributed by atoms with Crippen molar-refractivity contribution in [3.8, 4) is 0 Å². The number of nitrogens with zero attached hydrogens (tertiary/aromatic N) is 1. The summed E-state index contributed by atoms with van der Waals surface area (Å²) in [5.41, 5.74) is 6.19. The molecule has 0 bridgehead atoms. The number of hydrogen-bond donors (Lipinski definition) is 2. The van der Waals surface area contributed by atoms with Crippen molar-refractivity contribution in [1.82, 2.24) is 10.2 Å². The summed E-state index contributed by atoms with van der Waals surface area (Å²) in [5, 5.41) is 2.63. The van der Waals surface area contributed by atoms with Crippen LogP contribution in [0.2, 0.25) is 0 Å². The van der Waals surface area contributed by atoms with Crippen molar-refractivity contribution in [3.05, 3.63) is 24.1 Å². The second-order valence-corrected chi connectivity index (χ2v) is 9.55. The fourth-order valence-corrected chi connectivity index (χ4v) is 3.17. The molecule has 0 saturated carbocycles. The van der Waals surface area contributed by atoms with Crippen molar-refractivity contribution in [2.24, 2.45) is 17.6 Å². The van der Waals surface area contributed by atoms with E-state index in [2.05, 4.69) is 11.9 Å². The fourth-order valence-electron chi connectivity index (χ4n) is 2.91. The molecule has 4 unspecified atom stereocenters. The maximum Gasteiger partial charge on any atom is 0.257 e. The smallest absolute Gasteiger partial charge is 0.257 e. The number of nitrogens with two attached hydrogens (primary N) is 1. The van der Waals surface area contributed by atoms with Crippen LogP contribution in [0, 0.1) is 11.8 Å². The fraction of sp³-hybridized carbons (Fsp3) is 0.632. The van der Waals surface area contributed by atoms with Gasteiger partial charge in [-0.05, 0) is 18.8 Å². The lowest BCUT2D eigenvalue weighted by Crippen LogP contribution is -2.53. The zero-order chi connectivity index (χ0) is 22.5. The van der Waals surface area contributed by atoms with Crippen molar-refractivity contribution in [1.29, 1.82) is 0 Å². The third kappa shape index (κ3) is 6.79. The first-order chi connectivity index (χ1) is 13.3. The van der Waals surface area contributed by atoms with Gasteiger partial charge in [-0.25, -0.2) is 0 Å². The van der Waals surface area contributed by atoms with Gasteiger partial charge in [-0.2, -0.15) is 0 Å². The zero-order valence-electron chi connectivity index (χ0n) is 17.0. The van der Waals surface area contributed by atoms with E-state index in [0.717, 1.165) is 4.90 Å². The zero-order valence-corrected chi connectivity index (χ0v) is 19.3. The Morgan fingerprint density at radius 3 is 2.41 bits per heavy atom. The molecule has 29 heavy (non-hydrogen) atoms. The molecule has 0 aromatic heterocycles. The first-order valence-electron chi connectivity index (χ1n) is 9.26. The van der Waals surface area contributed by atoms with E-state index < -0.39 is 33.6 Å². The van der Waals surface area contributed by atoms with Gasteiger partial charge in [0.2, 0.25) is 5.91 Å². The van der Waals surface area contributed by atoms with Crippen LogP contribution in [0.5, 0.6) is 0 Å². The van der Waals surface area contributed by atoms with E-state index in [9.17, 15) is 14.4 Å². The maximum atomic E-state index is 13.3. The molecule has 0 aliphatic carbocycles. The summed E-state index contributed by atoms with van der Waals surface area (Å²) in [6, 6.07) is -1.71. The van der Waals surface area contributed by atoms with E-state index in [1.165, 1.54) is 13.2 Å². The lowest BCUT2D eigenvalue weighted by molar-refractivity contribution is -0.146. The van der Waals surface area contributed by atoms with Gasteiger partial charge in [-0.1, -0.05) is 62.2 Å². The van der Waals surface area contributed by atoms with Crippen LogP contribution in [0.4, 0.5) is 0 Å². The first-order valence-corrected chi connectivity index (χ1v) is 10.4. The molecule has 10 heteroatoms. The Balaban J connectivity index is 3.20. The Hall–Kier alpha value is -1.44. The molecule has 3 amide bonds. The normalized spacial score (nSPS) is 20.0. The van der Waals surface area contributed by atoms with E-state index in [-0.39, 0.29) is 24.7 Å². The number of carbonyl (C=O) groups is 3. The number of hydrogen-bond acceptors (Lipinski definition) is 5. The topological polar surface area (TPSA) is 102 Å². The van der Waals surface area contributed by atoms with Gasteiger partial charge in [0.25, 0.3) is 11.8 Å². The molecule has 3 N–H and O–H groups in total. The lowest BCUT2D eigenvalue weighted by atomic mass is 9.96. The summed E-state index contributed by atoms with van der Waals surface area (Å²) in [7, 11) is 1.42. The number of methoxy groups -OCH3 is 1. The maximum absolute atomic E-state index is 13.3. The SMILES string of the molecule is C=C(N)C(C)CC1C(OC)=CC(=O)N1C(=O)C(CC(C)C(Cl)(Cl)Cl)NC(=O)CC. The van der Waals surface area contributed by atoms with Crippen molar-refractivity contribution in [2.75, 3.05) is 7.11 Å². The van der Waals surface area contributed by atoms with Crippen molar-refractivity contribution in [2.45, 2.75) is 55.9 Å². The van der Waals surface area contributed by atoms with Crippen LogP contribution in [0.25, 0.3) is 0 Å². The number of allylic oxidation sites excluding steroid dienone is 1. The Morgan fingerprint density at radius 2 is 1.97 bits per heavy atom. The first kappa shape index (κ1) is 25.6. The Bertz CT molecular complexity index is 691. The van der Waals surface area contributed by atoms with E-state index in [1.54, 1.807) is 13.8 Å². The molecule has 0 saturated heterocycles. The number of carbonyl (C=O) groups excluding carboxylic acids is 3. The summed E-state index contributed by atoms with van der Waals surface area (Å²) in [4.78, 5) is 39.0. The van der Waals surface area contributed by atoms with Crippen molar-refractivity contribution in [3.63, 3.8) is 0 Å². The quantitative estimate of drug-likeness (QED) is 0.506. The highest BCUT2D eigenvalue weighted by Gasteiger charge is 2.43. The minimum atomic E-state index is -1.63. The van der Waals surface area contributed by atoms with Crippen LogP contribution in [-0.4, -0.2) is 45.6 Å². The molecule has 1 aliphatic heterocycles. The minimum Gasteiger partial charge on any atom is -0.499 e. The van der Waals surface area contributed by atoms with E-state index in [1.807, 2.05) is 6.92 Å². The molecule has 4 atom stereocenters. The third-order valence-corrected chi connectivity index (χ3v) is 6.05. The minimum absolute atomic E-state index is 0.0407. The standard InChI is InChI=1S/C19H28Cl3N3O4/c1-6-16(26)24-13(8-11(3)19(20,21)22)18(28)25-14(7-10(2)12(4)23)15(29-5)9-17(25)27/h9-11,13-14H,4,6-8,23H2,1-3,5H3,(H,24,26). The summed E-state index contributed by atoms with van der Waals surface area (Å²) in [6.07, 6.45) is 1.79. The molecule has 0 aromatic rings. The molecule has 0 aromatic carbocycles. The number of amides is 3. The van der Waals surface area contributed by atoms with Crippen LogP contribution in [-0.2, 0) is 19.1 Å². The molecular weight excluding hydrogens is 441 g/mol.